The van der Waals surface area contributed by atoms with Crippen molar-refractivity contribution in [1.29, 1.82) is 0 Å². The average molecular weight is 330 g/mol. The fourth-order valence-corrected chi connectivity index (χ4v) is 3.51. The van der Waals surface area contributed by atoms with Crippen LogP contribution in [0.25, 0.3) is 0 Å². The van der Waals surface area contributed by atoms with Gasteiger partial charge in [0.15, 0.2) is 0 Å². The Hall–Kier alpha value is -1.88. The van der Waals surface area contributed by atoms with Crippen LogP contribution in [0.2, 0.25) is 0 Å². The van der Waals surface area contributed by atoms with E-state index in [0.29, 0.717) is 38.5 Å². The molecule has 2 aliphatic rings. The SMILES string of the molecule is Cc1ccc([C@H]2C[C@@H]2C(=O)NCC2(C(N)=O)CCOCC2)cc1C. The predicted molar refractivity (Wildman–Crippen MR) is 91.5 cm³/mol. The number of rotatable bonds is 5. The van der Waals surface area contributed by atoms with Gasteiger partial charge in [-0.1, -0.05) is 18.2 Å². The Labute approximate surface area is 142 Å². The smallest absolute Gasteiger partial charge is 0.225 e. The van der Waals surface area contributed by atoms with Crippen LogP contribution >= 0.6 is 0 Å². The Balaban J connectivity index is 1.58. The molecule has 1 saturated heterocycles. The molecule has 0 unspecified atom stereocenters. The lowest BCUT2D eigenvalue weighted by Gasteiger charge is -2.34. The highest BCUT2D eigenvalue weighted by atomic mass is 16.5. The lowest BCUT2D eigenvalue weighted by Crippen LogP contribution is -2.49. The number of hydrogen-bond acceptors (Lipinski definition) is 3. The minimum absolute atomic E-state index is 0.0110. The Bertz CT molecular complexity index is 650. The number of aryl methyl sites for hydroxylation is 2. The first-order chi connectivity index (χ1) is 11.4. The molecule has 2 fully saturated rings. The number of carbonyl (C=O) groups excluding carboxylic acids is 2. The van der Waals surface area contributed by atoms with Crippen LogP contribution < -0.4 is 11.1 Å². The van der Waals surface area contributed by atoms with Crippen LogP contribution in [0.3, 0.4) is 0 Å². The van der Waals surface area contributed by atoms with Gasteiger partial charge in [-0.3, -0.25) is 9.59 Å². The van der Waals surface area contributed by atoms with Gasteiger partial charge in [-0.15, -0.1) is 0 Å². The molecule has 3 N–H and O–H groups in total. The van der Waals surface area contributed by atoms with Crippen molar-refractivity contribution in [2.75, 3.05) is 19.8 Å². The molecule has 5 nitrogen and oxygen atoms in total. The standard InChI is InChI=1S/C19H26N2O3/c1-12-3-4-14(9-13(12)2)15-10-16(15)17(22)21-11-19(18(20)23)5-7-24-8-6-19/h3-4,9,15-16H,5-8,10-11H2,1-2H3,(H2,20,23)(H,21,22)/t15-,16+/m1/s1. The normalized spacial score (nSPS) is 25.1. The van der Waals surface area contributed by atoms with Gasteiger partial charge in [0.25, 0.3) is 0 Å². The molecule has 0 aromatic heterocycles. The topological polar surface area (TPSA) is 81.4 Å². The lowest BCUT2D eigenvalue weighted by atomic mass is 9.79. The second-order valence-corrected chi connectivity index (χ2v) is 7.27. The summed E-state index contributed by atoms with van der Waals surface area (Å²) in [5, 5.41) is 2.97. The lowest BCUT2D eigenvalue weighted by molar-refractivity contribution is -0.134. The quantitative estimate of drug-likeness (QED) is 0.864. The number of hydrogen-bond donors (Lipinski definition) is 2. The zero-order chi connectivity index (χ0) is 17.3. The van der Waals surface area contributed by atoms with Crippen molar-refractivity contribution in [1.82, 2.24) is 5.32 Å². The number of amides is 2. The van der Waals surface area contributed by atoms with E-state index in [2.05, 4.69) is 37.4 Å². The van der Waals surface area contributed by atoms with Gasteiger partial charge in [0.1, 0.15) is 0 Å². The van der Waals surface area contributed by atoms with E-state index in [-0.39, 0.29) is 17.7 Å². The maximum atomic E-state index is 12.5. The highest BCUT2D eigenvalue weighted by Gasteiger charge is 2.45. The van der Waals surface area contributed by atoms with E-state index in [1.807, 2.05) is 0 Å². The van der Waals surface area contributed by atoms with Crippen LogP contribution in [0.1, 0.15) is 41.9 Å². The number of nitrogens with two attached hydrogens (primary N) is 1. The molecule has 1 heterocycles. The molecule has 5 heteroatoms. The molecule has 1 saturated carbocycles. The third-order valence-corrected chi connectivity index (χ3v) is 5.66. The van der Waals surface area contributed by atoms with Gasteiger partial charge in [-0.05, 0) is 55.7 Å². The summed E-state index contributed by atoms with van der Waals surface area (Å²) in [5.41, 5.74) is 8.68. The zero-order valence-electron chi connectivity index (χ0n) is 14.4. The molecule has 1 aromatic carbocycles. The Morgan fingerprint density at radius 1 is 1.25 bits per heavy atom. The highest BCUT2D eigenvalue weighted by molar-refractivity contribution is 5.85. The number of ether oxygens (including phenoxy) is 1. The van der Waals surface area contributed by atoms with Gasteiger partial charge in [-0.2, -0.15) is 0 Å². The van der Waals surface area contributed by atoms with Crippen molar-refractivity contribution in [2.24, 2.45) is 17.1 Å². The fraction of sp³-hybridized carbons (Fsp3) is 0.579. The van der Waals surface area contributed by atoms with Gasteiger partial charge in [0.05, 0.1) is 5.41 Å². The van der Waals surface area contributed by atoms with Crippen molar-refractivity contribution >= 4 is 11.8 Å². The summed E-state index contributed by atoms with van der Waals surface area (Å²) in [4.78, 5) is 24.3. The van der Waals surface area contributed by atoms with E-state index >= 15 is 0 Å². The van der Waals surface area contributed by atoms with Crippen LogP contribution in [0.5, 0.6) is 0 Å². The Morgan fingerprint density at radius 2 is 1.96 bits per heavy atom. The summed E-state index contributed by atoms with van der Waals surface area (Å²) in [6.07, 6.45) is 2.03. The van der Waals surface area contributed by atoms with E-state index in [0.717, 1.165) is 6.42 Å². The number of benzene rings is 1. The molecule has 1 aliphatic carbocycles. The summed E-state index contributed by atoms with van der Waals surface area (Å²) >= 11 is 0. The van der Waals surface area contributed by atoms with Gasteiger partial charge in [0.2, 0.25) is 11.8 Å². The van der Waals surface area contributed by atoms with Gasteiger partial charge in [-0.25, -0.2) is 0 Å². The summed E-state index contributed by atoms with van der Waals surface area (Å²) in [6.45, 7) is 5.55. The molecule has 24 heavy (non-hydrogen) atoms. The van der Waals surface area contributed by atoms with E-state index in [1.165, 1.54) is 16.7 Å². The molecule has 2 amide bonds. The van der Waals surface area contributed by atoms with E-state index < -0.39 is 5.41 Å². The third kappa shape index (κ3) is 3.31. The van der Waals surface area contributed by atoms with Crippen molar-refractivity contribution in [3.63, 3.8) is 0 Å². The Morgan fingerprint density at radius 3 is 2.58 bits per heavy atom. The summed E-state index contributed by atoms with van der Waals surface area (Å²) in [5.74, 6) is -0.00154. The van der Waals surface area contributed by atoms with Crippen molar-refractivity contribution in [3.05, 3.63) is 34.9 Å². The summed E-state index contributed by atoms with van der Waals surface area (Å²) in [7, 11) is 0. The van der Waals surface area contributed by atoms with Crippen LogP contribution in [-0.4, -0.2) is 31.6 Å². The number of carbonyl (C=O) groups is 2. The van der Waals surface area contributed by atoms with Crippen molar-refractivity contribution in [3.8, 4) is 0 Å². The number of primary amides is 1. The van der Waals surface area contributed by atoms with Crippen LogP contribution in [-0.2, 0) is 14.3 Å². The molecule has 0 radical (unpaired) electrons. The number of nitrogens with one attached hydrogen (secondary N) is 1. The fourth-order valence-electron chi connectivity index (χ4n) is 3.51. The van der Waals surface area contributed by atoms with E-state index in [1.54, 1.807) is 0 Å². The van der Waals surface area contributed by atoms with Crippen LogP contribution in [0, 0.1) is 25.2 Å². The van der Waals surface area contributed by atoms with Crippen molar-refractivity contribution < 1.29 is 14.3 Å². The van der Waals surface area contributed by atoms with E-state index in [4.69, 9.17) is 10.5 Å². The third-order valence-electron chi connectivity index (χ3n) is 5.66. The maximum absolute atomic E-state index is 12.5. The first-order valence-corrected chi connectivity index (χ1v) is 8.65. The first-order valence-electron chi connectivity index (χ1n) is 8.65. The van der Waals surface area contributed by atoms with Gasteiger partial charge >= 0.3 is 0 Å². The average Bonchev–Trinajstić information content (AvgIpc) is 3.36. The molecule has 2 atom stereocenters. The summed E-state index contributed by atoms with van der Waals surface area (Å²) in [6, 6.07) is 6.41. The minimum Gasteiger partial charge on any atom is -0.381 e. The second kappa shape index (κ2) is 6.55. The molecule has 1 aliphatic heterocycles. The largest absolute Gasteiger partial charge is 0.381 e. The minimum atomic E-state index is -0.654. The maximum Gasteiger partial charge on any atom is 0.225 e. The highest BCUT2D eigenvalue weighted by Crippen LogP contribution is 2.48. The second-order valence-electron chi connectivity index (χ2n) is 7.27. The van der Waals surface area contributed by atoms with Gasteiger partial charge in [0, 0.05) is 25.7 Å². The molecule has 0 bridgehead atoms. The first kappa shape index (κ1) is 17.0. The summed E-state index contributed by atoms with van der Waals surface area (Å²) < 4.78 is 5.32. The van der Waals surface area contributed by atoms with Crippen LogP contribution in [0.15, 0.2) is 18.2 Å². The molecule has 0 spiro atoms. The monoisotopic (exact) mass is 330 g/mol. The predicted octanol–water partition coefficient (Wildman–Crippen LogP) is 1.81. The van der Waals surface area contributed by atoms with Gasteiger partial charge < -0.3 is 15.8 Å². The Kier molecular flexibility index (Phi) is 4.63. The molecule has 130 valence electrons. The molecule has 1 aromatic rings. The zero-order valence-corrected chi connectivity index (χ0v) is 14.4. The van der Waals surface area contributed by atoms with Crippen LogP contribution in [0.4, 0.5) is 0 Å². The molecular formula is C19H26N2O3. The molecule has 3 rings (SSSR count). The van der Waals surface area contributed by atoms with E-state index in [9.17, 15) is 9.59 Å². The van der Waals surface area contributed by atoms with Crippen molar-refractivity contribution in [2.45, 2.75) is 39.0 Å². The molecular weight excluding hydrogens is 304 g/mol.